The van der Waals surface area contributed by atoms with E-state index in [0.717, 1.165) is 77.6 Å². The molecule has 0 bridgehead atoms. The molecule has 1 amide bonds. The third-order valence-electron chi connectivity index (χ3n) is 5.22. The summed E-state index contributed by atoms with van der Waals surface area (Å²) in [6.07, 6.45) is 4.13. The SMILES string of the molecule is CCNC(=NCCC1CCCN(C(=O)OC(C)(C)C)C1)N(C)CC1CCOC1. The summed E-state index contributed by atoms with van der Waals surface area (Å²) in [6, 6.07) is 0. The van der Waals surface area contributed by atoms with E-state index in [1.165, 1.54) is 0 Å². The van der Waals surface area contributed by atoms with Crippen molar-refractivity contribution in [2.45, 2.75) is 59.0 Å². The molecule has 2 saturated heterocycles. The molecule has 2 rings (SSSR count). The Morgan fingerprint density at radius 1 is 1.32 bits per heavy atom. The number of guanidine groups is 1. The van der Waals surface area contributed by atoms with Gasteiger partial charge in [0.2, 0.25) is 0 Å². The van der Waals surface area contributed by atoms with Gasteiger partial charge in [-0.25, -0.2) is 4.79 Å². The van der Waals surface area contributed by atoms with Gasteiger partial charge in [-0.05, 0) is 59.3 Å². The maximum atomic E-state index is 12.3. The molecule has 0 aromatic rings. The van der Waals surface area contributed by atoms with Crippen molar-refractivity contribution in [1.82, 2.24) is 15.1 Å². The van der Waals surface area contributed by atoms with E-state index < -0.39 is 5.60 Å². The summed E-state index contributed by atoms with van der Waals surface area (Å²) in [5.41, 5.74) is -0.440. The molecular weight excluding hydrogens is 356 g/mol. The van der Waals surface area contributed by atoms with Crippen LogP contribution in [0.1, 0.15) is 53.4 Å². The van der Waals surface area contributed by atoms with Gasteiger partial charge in [0.1, 0.15) is 5.60 Å². The first-order valence-corrected chi connectivity index (χ1v) is 10.8. The minimum absolute atomic E-state index is 0.187. The maximum Gasteiger partial charge on any atom is 0.410 e. The first-order valence-electron chi connectivity index (χ1n) is 10.8. The van der Waals surface area contributed by atoms with Crippen LogP contribution in [0.5, 0.6) is 0 Å². The summed E-state index contributed by atoms with van der Waals surface area (Å²) < 4.78 is 11.0. The minimum Gasteiger partial charge on any atom is -0.444 e. The summed E-state index contributed by atoms with van der Waals surface area (Å²) in [7, 11) is 2.10. The summed E-state index contributed by atoms with van der Waals surface area (Å²) >= 11 is 0. The van der Waals surface area contributed by atoms with Crippen LogP contribution in [0.2, 0.25) is 0 Å². The van der Waals surface area contributed by atoms with Crippen molar-refractivity contribution in [3.05, 3.63) is 0 Å². The molecule has 162 valence electrons. The van der Waals surface area contributed by atoms with Crippen molar-refractivity contribution in [3.8, 4) is 0 Å². The third-order valence-corrected chi connectivity index (χ3v) is 5.22. The largest absolute Gasteiger partial charge is 0.444 e. The van der Waals surface area contributed by atoms with Gasteiger partial charge in [0.15, 0.2) is 5.96 Å². The van der Waals surface area contributed by atoms with Crippen molar-refractivity contribution in [1.29, 1.82) is 0 Å². The predicted octanol–water partition coefficient (Wildman–Crippen LogP) is 2.96. The second-order valence-corrected chi connectivity index (χ2v) is 9.07. The van der Waals surface area contributed by atoms with E-state index >= 15 is 0 Å². The van der Waals surface area contributed by atoms with Crippen LogP contribution in [0.3, 0.4) is 0 Å². The lowest BCUT2D eigenvalue weighted by Gasteiger charge is -2.34. The second-order valence-electron chi connectivity index (χ2n) is 9.07. The number of carbonyl (C=O) groups is 1. The molecule has 0 aromatic heterocycles. The van der Waals surface area contributed by atoms with Crippen LogP contribution < -0.4 is 5.32 Å². The topological polar surface area (TPSA) is 66.4 Å². The van der Waals surface area contributed by atoms with Crippen molar-refractivity contribution < 1.29 is 14.3 Å². The summed E-state index contributed by atoms with van der Waals surface area (Å²) in [6.45, 7) is 13.8. The number of hydrogen-bond acceptors (Lipinski definition) is 4. The maximum absolute atomic E-state index is 12.3. The Kier molecular flexibility index (Phi) is 8.86. The molecule has 2 aliphatic rings. The number of piperidine rings is 1. The van der Waals surface area contributed by atoms with Crippen LogP contribution in [0.25, 0.3) is 0 Å². The molecule has 0 aliphatic carbocycles. The molecule has 7 heteroatoms. The molecule has 0 saturated carbocycles. The first kappa shape index (κ1) is 22.8. The monoisotopic (exact) mass is 396 g/mol. The van der Waals surface area contributed by atoms with Crippen molar-refractivity contribution in [2.75, 3.05) is 53.0 Å². The average Bonchev–Trinajstić information content (AvgIpc) is 3.13. The number of amides is 1. The van der Waals surface area contributed by atoms with Crippen LogP contribution in [0.4, 0.5) is 4.79 Å². The molecule has 0 spiro atoms. The highest BCUT2D eigenvalue weighted by atomic mass is 16.6. The molecule has 2 fully saturated rings. The fourth-order valence-electron chi connectivity index (χ4n) is 3.82. The molecular formula is C21H40N4O3. The summed E-state index contributed by atoms with van der Waals surface area (Å²) in [5, 5.41) is 3.40. The molecule has 2 aliphatic heterocycles. The molecule has 2 heterocycles. The highest BCUT2D eigenvalue weighted by Gasteiger charge is 2.27. The highest BCUT2D eigenvalue weighted by molar-refractivity contribution is 5.79. The number of likely N-dealkylation sites (tertiary alicyclic amines) is 1. The van der Waals surface area contributed by atoms with Crippen LogP contribution in [0, 0.1) is 11.8 Å². The number of nitrogens with zero attached hydrogens (tertiary/aromatic N) is 3. The van der Waals surface area contributed by atoms with E-state index in [-0.39, 0.29) is 6.09 Å². The second kappa shape index (κ2) is 10.9. The van der Waals surface area contributed by atoms with Gasteiger partial charge >= 0.3 is 6.09 Å². The standard InChI is InChI=1S/C21H40N4O3/c1-6-22-19(24(5)14-18-10-13-27-16-18)23-11-9-17-8-7-12-25(15-17)20(26)28-21(2,3)4/h17-18H,6-16H2,1-5H3,(H,22,23). The Morgan fingerprint density at radius 2 is 2.11 bits per heavy atom. The fraction of sp³-hybridized carbons (Fsp3) is 0.905. The highest BCUT2D eigenvalue weighted by Crippen LogP contribution is 2.22. The Labute approximate surface area is 170 Å². The molecule has 0 aromatic carbocycles. The smallest absolute Gasteiger partial charge is 0.410 e. The Morgan fingerprint density at radius 3 is 2.75 bits per heavy atom. The lowest BCUT2D eigenvalue weighted by Crippen LogP contribution is -2.43. The number of rotatable bonds is 6. The van der Waals surface area contributed by atoms with E-state index in [2.05, 4.69) is 24.2 Å². The van der Waals surface area contributed by atoms with Crippen LogP contribution in [-0.2, 0) is 9.47 Å². The molecule has 0 radical (unpaired) electrons. The third kappa shape index (κ3) is 7.86. The number of ether oxygens (including phenoxy) is 2. The van der Waals surface area contributed by atoms with Gasteiger partial charge in [-0.15, -0.1) is 0 Å². The van der Waals surface area contributed by atoms with Crippen LogP contribution >= 0.6 is 0 Å². The summed E-state index contributed by atoms with van der Waals surface area (Å²) in [4.78, 5) is 21.2. The Balaban J connectivity index is 1.81. The number of nitrogens with one attached hydrogen (secondary N) is 1. The van der Waals surface area contributed by atoms with Gasteiger partial charge < -0.3 is 24.6 Å². The number of carbonyl (C=O) groups excluding carboxylic acids is 1. The predicted molar refractivity (Wildman–Crippen MR) is 113 cm³/mol. The Hall–Kier alpha value is -1.50. The van der Waals surface area contributed by atoms with Crippen molar-refractivity contribution in [3.63, 3.8) is 0 Å². The normalized spacial score (nSPS) is 23.6. The van der Waals surface area contributed by atoms with Gasteiger partial charge in [-0.3, -0.25) is 4.99 Å². The number of aliphatic imine (C=N–C) groups is 1. The zero-order valence-corrected chi connectivity index (χ0v) is 18.5. The molecule has 2 atom stereocenters. The fourth-order valence-corrected chi connectivity index (χ4v) is 3.82. The minimum atomic E-state index is -0.440. The van der Waals surface area contributed by atoms with Gasteiger partial charge in [0.25, 0.3) is 0 Å². The van der Waals surface area contributed by atoms with Crippen molar-refractivity contribution in [2.24, 2.45) is 16.8 Å². The zero-order valence-electron chi connectivity index (χ0n) is 18.5. The van der Waals surface area contributed by atoms with Crippen molar-refractivity contribution >= 4 is 12.1 Å². The quantitative estimate of drug-likeness (QED) is 0.552. The summed E-state index contributed by atoms with van der Waals surface area (Å²) in [5.74, 6) is 2.05. The lowest BCUT2D eigenvalue weighted by molar-refractivity contribution is 0.0163. The van der Waals surface area contributed by atoms with E-state index in [1.54, 1.807) is 0 Å². The van der Waals surface area contributed by atoms with Gasteiger partial charge in [0, 0.05) is 52.3 Å². The van der Waals surface area contributed by atoms with E-state index in [4.69, 9.17) is 14.5 Å². The Bertz CT molecular complexity index is 512. The van der Waals surface area contributed by atoms with E-state index in [1.807, 2.05) is 25.7 Å². The molecule has 28 heavy (non-hydrogen) atoms. The molecule has 7 nitrogen and oxygen atoms in total. The lowest BCUT2D eigenvalue weighted by atomic mass is 9.95. The molecule has 2 unspecified atom stereocenters. The van der Waals surface area contributed by atoms with Crippen LogP contribution in [-0.4, -0.2) is 80.4 Å². The number of hydrogen-bond donors (Lipinski definition) is 1. The van der Waals surface area contributed by atoms with Gasteiger partial charge in [-0.2, -0.15) is 0 Å². The van der Waals surface area contributed by atoms with Gasteiger partial charge in [-0.1, -0.05) is 0 Å². The van der Waals surface area contributed by atoms with Gasteiger partial charge in [0.05, 0.1) is 6.61 Å². The molecule has 1 N–H and O–H groups in total. The van der Waals surface area contributed by atoms with Crippen LogP contribution in [0.15, 0.2) is 4.99 Å². The zero-order chi connectivity index (χ0) is 20.6. The van der Waals surface area contributed by atoms with E-state index in [0.29, 0.717) is 11.8 Å². The average molecular weight is 397 g/mol. The van der Waals surface area contributed by atoms with E-state index in [9.17, 15) is 4.79 Å². The first-order chi connectivity index (χ1) is 13.3.